The van der Waals surface area contributed by atoms with E-state index in [0.29, 0.717) is 0 Å². The van der Waals surface area contributed by atoms with Gasteiger partial charge in [-0.2, -0.15) is 5.10 Å². The zero-order valence-corrected chi connectivity index (χ0v) is 12.0. The molecule has 1 atom stereocenters. The maximum absolute atomic E-state index is 4.48. The first-order chi connectivity index (χ1) is 9.08. The topological polar surface area (TPSA) is 66.5 Å². The van der Waals surface area contributed by atoms with Crippen LogP contribution in [-0.4, -0.2) is 26.2 Å². The van der Waals surface area contributed by atoms with Gasteiger partial charge in [0.2, 0.25) is 0 Å². The Morgan fingerprint density at radius 2 is 2.16 bits per heavy atom. The molecule has 2 aromatic rings. The fourth-order valence-corrected chi connectivity index (χ4v) is 2.06. The molecule has 2 aromatic heterocycles. The Balaban J connectivity index is 2.05. The van der Waals surface area contributed by atoms with Crippen LogP contribution < -0.4 is 5.32 Å². The van der Waals surface area contributed by atoms with Gasteiger partial charge in [-0.05, 0) is 33.3 Å². The first-order valence-electron chi connectivity index (χ1n) is 6.68. The van der Waals surface area contributed by atoms with Gasteiger partial charge in [0.25, 0.3) is 0 Å². The van der Waals surface area contributed by atoms with Crippen molar-refractivity contribution < 1.29 is 0 Å². The average Bonchev–Trinajstić information content (AvgIpc) is 2.75. The minimum atomic E-state index is 0.280. The Hall–Kier alpha value is -1.91. The number of hydrogen-bond acceptors (Lipinski definition) is 4. The summed E-state index contributed by atoms with van der Waals surface area (Å²) in [4.78, 5) is 8.72. The highest BCUT2D eigenvalue weighted by Gasteiger charge is 2.10. The quantitative estimate of drug-likeness (QED) is 0.865. The number of anilines is 1. The molecule has 5 heteroatoms. The van der Waals surface area contributed by atoms with E-state index < -0.39 is 0 Å². The minimum Gasteiger partial charge on any atom is -0.367 e. The maximum Gasteiger partial charge on any atom is 0.133 e. The summed E-state index contributed by atoms with van der Waals surface area (Å²) in [5, 5.41) is 10.7. The zero-order chi connectivity index (χ0) is 13.8. The lowest BCUT2D eigenvalue weighted by Gasteiger charge is -2.16. The standard InChI is InChI=1S/C14H21N5/c1-5-12-8-15-11(4)17-14(12)16-9(2)6-13-7-10(3)18-19-13/h7-9H,5-6H2,1-4H3,(H,18,19)(H,15,16,17)/t9-/m1/s1. The zero-order valence-electron chi connectivity index (χ0n) is 12.0. The van der Waals surface area contributed by atoms with E-state index in [1.807, 2.05) is 20.0 Å². The number of rotatable bonds is 5. The number of aromatic amines is 1. The molecule has 0 saturated carbocycles. The van der Waals surface area contributed by atoms with Gasteiger partial charge in [-0.15, -0.1) is 0 Å². The lowest BCUT2D eigenvalue weighted by Crippen LogP contribution is -2.20. The lowest BCUT2D eigenvalue weighted by molar-refractivity contribution is 0.755. The minimum absolute atomic E-state index is 0.280. The van der Waals surface area contributed by atoms with Crippen molar-refractivity contribution in [3.63, 3.8) is 0 Å². The van der Waals surface area contributed by atoms with Gasteiger partial charge in [0.15, 0.2) is 0 Å². The summed E-state index contributed by atoms with van der Waals surface area (Å²) in [5.74, 6) is 1.73. The molecule has 2 N–H and O–H groups in total. The Morgan fingerprint density at radius 1 is 1.37 bits per heavy atom. The number of H-pyrrole nitrogens is 1. The van der Waals surface area contributed by atoms with E-state index in [2.05, 4.69) is 45.4 Å². The van der Waals surface area contributed by atoms with Crippen LogP contribution in [0.15, 0.2) is 12.3 Å². The van der Waals surface area contributed by atoms with Crippen LogP contribution in [0.2, 0.25) is 0 Å². The molecule has 0 aliphatic rings. The van der Waals surface area contributed by atoms with Crippen molar-refractivity contribution in [3.05, 3.63) is 35.0 Å². The van der Waals surface area contributed by atoms with Crippen molar-refractivity contribution in [2.75, 3.05) is 5.32 Å². The van der Waals surface area contributed by atoms with Crippen molar-refractivity contribution >= 4 is 5.82 Å². The highest BCUT2D eigenvalue weighted by molar-refractivity contribution is 5.43. The Kier molecular flexibility index (Phi) is 4.14. The molecule has 102 valence electrons. The van der Waals surface area contributed by atoms with E-state index in [-0.39, 0.29) is 6.04 Å². The second kappa shape index (κ2) is 5.82. The van der Waals surface area contributed by atoms with Crippen LogP contribution in [0.1, 0.15) is 36.6 Å². The van der Waals surface area contributed by atoms with Gasteiger partial charge in [-0.1, -0.05) is 6.92 Å². The molecular weight excluding hydrogens is 238 g/mol. The highest BCUT2D eigenvalue weighted by atomic mass is 15.1. The predicted octanol–water partition coefficient (Wildman–Crippen LogP) is 2.42. The summed E-state index contributed by atoms with van der Waals surface area (Å²) in [5.41, 5.74) is 3.31. The van der Waals surface area contributed by atoms with Gasteiger partial charge in [0, 0.05) is 29.9 Å². The summed E-state index contributed by atoms with van der Waals surface area (Å²) in [6.45, 7) is 8.17. The van der Waals surface area contributed by atoms with Gasteiger partial charge in [0.1, 0.15) is 11.6 Å². The predicted molar refractivity (Wildman–Crippen MR) is 76.3 cm³/mol. The van der Waals surface area contributed by atoms with E-state index in [1.165, 1.54) is 0 Å². The number of hydrogen-bond donors (Lipinski definition) is 2. The van der Waals surface area contributed by atoms with Crippen LogP contribution in [0.5, 0.6) is 0 Å². The number of aromatic nitrogens is 4. The second-order valence-corrected chi connectivity index (χ2v) is 4.94. The SMILES string of the molecule is CCc1cnc(C)nc1N[C@H](C)Cc1cc(C)[nH]n1. The van der Waals surface area contributed by atoms with E-state index in [9.17, 15) is 0 Å². The van der Waals surface area contributed by atoms with Crippen molar-refractivity contribution in [2.45, 2.75) is 46.6 Å². The molecule has 0 aromatic carbocycles. The van der Waals surface area contributed by atoms with E-state index in [4.69, 9.17) is 0 Å². The van der Waals surface area contributed by atoms with Crippen LogP contribution in [0.3, 0.4) is 0 Å². The third kappa shape index (κ3) is 3.53. The monoisotopic (exact) mass is 259 g/mol. The second-order valence-electron chi connectivity index (χ2n) is 4.94. The summed E-state index contributed by atoms with van der Waals surface area (Å²) in [7, 11) is 0. The summed E-state index contributed by atoms with van der Waals surface area (Å²) < 4.78 is 0. The molecular formula is C14H21N5. The molecule has 0 saturated heterocycles. The number of nitrogens with one attached hydrogen (secondary N) is 2. The Bertz CT molecular complexity index is 547. The molecule has 0 unspecified atom stereocenters. The van der Waals surface area contributed by atoms with E-state index in [0.717, 1.165) is 41.4 Å². The molecule has 0 radical (unpaired) electrons. The molecule has 0 aliphatic carbocycles. The van der Waals surface area contributed by atoms with Gasteiger partial charge < -0.3 is 5.32 Å². The summed E-state index contributed by atoms with van der Waals surface area (Å²) in [6.07, 6.45) is 3.70. The molecule has 0 bridgehead atoms. The summed E-state index contributed by atoms with van der Waals surface area (Å²) in [6, 6.07) is 2.35. The van der Waals surface area contributed by atoms with Crippen LogP contribution >= 0.6 is 0 Å². The van der Waals surface area contributed by atoms with Crippen LogP contribution in [0.4, 0.5) is 5.82 Å². The smallest absolute Gasteiger partial charge is 0.133 e. The molecule has 0 fully saturated rings. The Morgan fingerprint density at radius 3 is 2.79 bits per heavy atom. The number of nitrogens with zero attached hydrogens (tertiary/aromatic N) is 3. The molecule has 19 heavy (non-hydrogen) atoms. The largest absolute Gasteiger partial charge is 0.367 e. The van der Waals surface area contributed by atoms with Crippen LogP contribution in [0.25, 0.3) is 0 Å². The van der Waals surface area contributed by atoms with Crippen LogP contribution in [0, 0.1) is 13.8 Å². The lowest BCUT2D eigenvalue weighted by atomic mass is 10.1. The van der Waals surface area contributed by atoms with Crippen molar-refractivity contribution in [3.8, 4) is 0 Å². The fraction of sp³-hybridized carbons (Fsp3) is 0.500. The van der Waals surface area contributed by atoms with Gasteiger partial charge in [-0.25, -0.2) is 9.97 Å². The maximum atomic E-state index is 4.48. The first-order valence-corrected chi connectivity index (χ1v) is 6.68. The molecule has 0 aliphatic heterocycles. The van der Waals surface area contributed by atoms with Crippen molar-refractivity contribution in [1.29, 1.82) is 0 Å². The molecule has 2 heterocycles. The van der Waals surface area contributed by atoms with Gasteiger partial charge in [-0.3, -0.25) is 5.10 Å². The van der Waals surface area contributed by atoms with Crippen molar-refractivity contribution in [1.82, 2.24) is 20.2 Å². The van der Waals surface area contributed by atoms with E-state index >= 15 is 0 Å². The molecule has 0 spiro atoms. The van der Waals surface area contributed by atoms with Crippen molar-refractivity contribution in [2.24, 2.45) is 0 Å². The fourth-order valence-electron chi connectivity index (χ4n) is 2.06. The third-order valence-corrected chi connectivity index (χ3v) is 3.02. The first kappa shape index (κ1) is 13.5. The molecule has 2 rings (SSSR count). The number of aryl methyl sites for hydroxylation is 3. The normalized spacial score (nSPS) is 12.4. The molecule has 0 amide bonds. The van der Waals surface area contributed by atoms with Gasteiger partial charge in [0.05, 0.1) is 5.69 Å². The molecule has 5 nitrogen and oxygen atoms in total. The average molecular weight is 259 g/mol. The highest BCUT2D eigenvalue weighted by Crippen LogP contribution is 2.14. The Labute approximate surface area is 113 Å². The summed E-state index contributed by atoms with van der Waals surface area (Å²) >= 11 is 0. The third-order valence-electron chi connectivity index (χ3n) is 3.02. The van der Waals surface area contributed by atoms with Crippen LogP contribution in [-0.2, 0) is 12.8 Å². The van der Waals surface area contributed by atoms with E-state index in [1.54, 1.807) is 0 Å². The van der Waals surface area contributed by atoms with Gasteiger partial charge >= 0.3 is 0 Å².